The minimum absolute atomic E-state index is 0.0387. The Morgan fingerprint density at radius 2 is 1.15 bits per heavy atom. The van der Waals surface area contributed by atoms with Crippen LogP contribution in [0.5, 0.6) is 0 Å². The predicted octanol–water partition coefficient (Wildman–Crippen LogP) is 1.88. The molecule has 228 valence electrons. The number of benzene rings is 2. The largest absolute Gasteiger partial charge is 0.395 e. The molecule has 0 saturated carbocycles. The van der Waals surface area contributed by atoms with Crippen LogP contribution in [0, 0.1) is 49.3 Å². The van der Waals surface area contributed by atoms with Crippen molar-refractivity contribution in [3.05, 3.63) is 73.6 Å². The molecule has 2 aliphatic heterocycles. The van der Waals surface area contributed by atoms with Crippen LogP contribution in [-0.2, 0) is 0 Å². The number of β-amino-alcohol motifs (C(OH)–C–C–N with tert-alkyl or cyclic N) is 2. The van der Waals surface area contributed by atoms with Crippen molar-refractivity contribution in [3.63, 3.8) is 0 Å². The van der Waals surface area contributed by atoms with E-state index in [1.54, 1.807) is 4.90 Å². The zero-order valence-electron chi connectivity index (χ0n) is 21.9. The monoisotopic (exact) mass is 594 g/mol. The van der Waals surface area contributed by atoms with Crippen molar-refractivity contribution < 1.29 is 42.0 Å². The minimum atomic E-state index is -1.83. The number of nitro groups is 2. The second-order valence-electron chi connectivity index (χ2n) is 8.81. The molecule has 0 amide bonds. The smallest absolute Gasteiger partial charge is 0.308 e. The van der Waals surface area contributed by atoms with Crippen molar-refractivity contribution >= 4 is 17.1 Å². The number of nitrogens with zero attached hydrogens (tertiary/aromatic N) is 5. The van der Waals surface area contributed by atoms with Crippen LogP contribution < -0.4 is 10.2 Å². The fraction of sp³-hybridized carbons (Fsp3) is 0.500. The SMILES string of the molecule is O=[N+]([O-])c1ccc(F)c(F)c1F.O=[N+]([O-])c1ccc(N2CCN(CCO)CC2)c(F)c1F.OCCN1CCNCC1. The lowest BCUT2D eigenvalue weighted by Crippen LogP contribution is -2.47. The Morgan fingerprint density at radius 3 is 1.63 bits per heavy atom. The molecule has 41 heavy (non-hydrogen) atoms. The number of halogens is 5. The second kappa shape index (κ2) is 16.7. The first-order valence-electron chi connectivity index (χ1n) is 12.5. The van der Waals surface area contributed by atoms with Crippen molar-refractivity contribution in [2.45, 2.75) is 0 Å². The summed E-state index contributed by atoms with van der Waals surface area (Å²) in [5.74, 6) is -7.66. The average Bonchev–Trinajstić information content (AvgIpc) is 2.95. The van der Waals surface area contributed by atoms with Gasteiger partial charge in [0.2, 0.25) is 17.5 Å². The molecule has 2 aromatic rings. The van der Waals surface area contributed by atoms with Crippen molar-refractivity contribution in [1.82, 2.24) is 15.1 Å². The van der Waals surface area contributed by atoms with Gasteiger partial charge in [-0.2, -0.15) is 8.78 Å². The number of nitrogens with one attached hydrogen (secondary N) is 1. The normalized spacial score (nSPS) is 15.8. The number of nitro benzene ring substituents is 2. The number of hydrogen-bond donors (Lipinski definition) is 3. The minimum Gasteiger partial charge on any atom is -0.395 e. The molecule has 2 aromatic carbocycles. The molecule has 12 nitrogen and oxygen atoms in total. The number of rotatable bonds is 7. The maximum atomic E-state index is 13.9. The molecule has 2 fully saturated rings. The van der Waals surface area contributed by atoms with E-state index in [2.05, 4.69) is 10.2 Å². The lowest BCUT2D eigenvalue weighted by molar-refractivity contribution is -0.388. The van der Waals surface area contributed by atoms with E-state index in [1.165, 1.54) is 6.07 Å². The predicted molar refractivity (Wildman–Crippen MR) is 138 cm³/mol. The molecular weight excluding hydrogens is 563 g/mol. The standard InChI is InChI=1S/C12H15F2N3O3.C6H2F3NO2.C6H14N2O/c13-11-9(1-2-10(12(11)14)17(19)20)16-5-3-15(4-6-16)7-8-18;7-3-1-2-4(10(11)12)6(9)5(3)8;9-6-5-8-3-1-7-2-4-8/h1-2,18H,3-8H2;1-2H;7,9H,1-6H2. The van der Waals surface area contributed by atoms with E-state index >= 15 is 0 Å². The molecule has 0 aliphatic carbocycles. The van der Waals surface area contributed by atoms with Gasteiger partial charge in [-0.3, -0.25) is 30.0 Å². The summed E-state index contributed by atoms with van der Waals surface area (Å²) < 4.78 is 64.4. The van der Waals surface area contributed by atoms with Gasteiger partial charge in [-0.1, -0.05) is 0 Å². The van der Waals surface area contributed by atoms with E-state index in [9.17, 15) is 42.2 Å². The van der Waals surface area contributed by atoms with Gasteiger partial charge >= 0.3 is 11.4 Å². The van der Waals surface area contributed by atoms with Gasteiger partial charge < -0.3 is 20.4 Å². The quantitative estimate of drug-likeness (QED) is 0.188. The second-order valence-corrected chi connectivity index (χ2v) is 8.81. The topological polar surface area (TPSA) is 148 Å². The first-order valence-corrected chi connectivity index (χ1v) is 12.5. The highest BCUT2D eigenvalue weighted by Gasteiger charge is 2.26. The number of anilines is 1. The van der Waals surface area contributed by atoms with Gasteiger partial charge in [0.25, 0.3) is 0 Å². The van der Waals surface area contributed by atoms with Gasteiger partial charge in [0.1, 0.15) is 0 Å². The molecule has 0 radical (unpaired) electrons. The maximum Gasteiger partial charge on any atom is 0.308 e. The van der Waals surface area contributed by atoms with Crippen molar-refractivity contribution in [2.24, 2.45) is 0 Å². The number of piperazine rings is 2. The third kappa shape index (κ3) is 9.82. The molecular formula is C24H31F5N6O6. The van der Waals surface area contributed by atoms with Crippen LogP contribution in [-0.4, -0.2) is 109 Å². The Balaban J connectivity index is 0.000000237. The van der Waals surface area contributed by atoms with Crippen LogP contribution in [0.2, 0.25) is 0 Å². The molecule has 2 heterocycles. The highest BCUT2D eigenvalue weighted by molar-refractivity contribution is 5.53. The highest BCUT2D eigenvalue weighted by Crippen LogP contribution is 2.29. The zero-order valence-corrected chi connectivity index (χ0v) is 21.9. The van der Waals surface area contributed by atoms with Crippen LogP contribution in [0.25, 0.3) is 0 Å². The lowest BCUT2D eigenvalue weighted by Gasteiger charge is -2.35. The summed E-state index contributed by atoms with van der Waals surface area (Å²) in [4.78, 5) is 24.3. The summed E-state index contributed by atoms with van der Waals surface area (Å²) in [5.41, 5.74) is -1.89. The van der Waals surface area contributed by atoms with Gasteiger partial charge in [0.05, 0.1) is 28.7 Å². The molecule has 0 bridgehead atoms. The van der Waals surface area contributed by atoms with Gasteiger partial charge in [0.15, 0.2) is 11.6 Å². The van der Waals surface area contributed by atoms with Gasteiger partial charge in [0, 0.05) is 77.6 Å². The first-order chi connectivity index (χ1) is 19.5. The van der Waals surface area contributed by atoms with Crippen LogP contribution in [0.1, 0.15) is 0 Å². The van der Waals surface area contributed by atoms with Gasteiger partial charge in [-0.25, -0.2) is 13.2 Å². The Kier molecular flexibility index (Phi) is 13.7. The van der Waals surface area contributed by atoms with Crippen molar-refractivity contribution in [2.75, 3.05) is 83.6 Å². The molecule has 3 N–H and O–H groups in total. The van der Waals surface area contributed by atoms with E-state index in [4.69, 9.17) is 10.2 Å². The van der Waals surface area contributed by atoms with Crippen LogP contribution in [0.4, 0.5) is 39.0 Å². The Bertz CT molecular complexity index is 1160. The van der Waals surface area contributed by atoms with E-state index in [1.807, 2.05) is 4.90 Å². The van der Waals surface area contributed by atoms with Crippen LogP contribution >= 0.6 is 0 Å². The highest BCUT2D eigenvalue weighted by atomic mass is 19.2. The molecule has 2 aliphatic rings. The summed E-state index contributed by atoms with van der Waals surface area (Å²) in [6.07, 6.45) is 0. The molecule has 0 spiro atoms. The maximum absolute atomic E-state index is 13.9. The molecule has 0 aromatic heterocycles. The lowest BCUT2D eigenvalue weighted by atomic mass is 10.2. The Hall–Kier alpha value is -3.51. The molecule has 17 heteroatoms. The zero-order chi connectivity index (χ0) is 30.5. The summed E-state index contributed by atoms with van der Waals surface area (Å²) >= 11 is 0. The van der Waals surface area contributed by atoms with E-state index in [0.29, 0.717) is 51.5 Å². The van der Waals surface area contributed by atoms with Gasteiger partial charge in [-0.15, -0.1) is 0 Å². The molecule has 4 rings (SSSR count). The van der Waals surface area contributed by atoms with Crippen molar-refractivity contribution in [1.29, 1.82) is 0 Å². The van der Waals surface area contributed by atoms with E-state index < -0.39 is 50.3 Å². The molecule has 0 unspecified atom stereocenters. The Morgan fingerprint density at radius 1 is 0.683 bits per heavy atom. The summed E-state index contributed by atoms with van der Waals surface area (Å²) in [7, 11) is 0. The summed E-state index contributed by atoms with van der Waals surface area (Å²) in [6.45, 7) is 8.24. The number of aliphatic hydroxyl groups is 2. The third-order valence-electron chi connectivity index (χ3n) is 6.20. The molecule has 2 saturated heterocycles. The third-order valence-corrected chi connectivity index (χ3v) is 6.20. The van der Waals surface area contributed by atoms with E-state index in [0.717, 1.165) is 38.8 Å². The molecule has 0 atom stereocenters. The first kappa shape index (κ1) is 33.7. The fourth-order valence-electron chi connectivity index (χ4n) is 4.00. The summed E-state index contributed by atoms with van der Waals surface area (Å²) in [5, 5.41) is 41.1. The number of hydrogen-bond acceptors (Lipinski definition) is 10. The number of aliphatic hydroxyl groups excluding tert-OH is 2. The van der Waals surface area contributed by atoms with Crippen LogP contribution in [0.15, 0.2) is 24.3 Å². The van der Waals surface area contributed by atoms with Crippen LogP contribution in [0.3, 0.4) is 0 Å². The van der Waals surface area contributed by atoms with E-state index in [-0.39, 0.29) is 12.3 Å². The van der Waals surface area contributed by atoms with Crippen molar-refractivity contribution in [3.8, 4) is 0 Å². The fourth-order valence-corrected chi connectivity index (χ4v) is 4.00. The summed E-state index contributed by atoms with van der Waals surface area (Å²) in [6, 6.07) is 3.27. The van der Waals surface area contributed by atoms with Gasteiger partial charge in [-0.05, 0) is 12.1 Å². The Labute approximate surface area is 231 Å². The average molecular weight is 595 g/mol.